The minimum Gasteiger partial charge on any atom is -0.507 e. The fourth-order valence-corrected chi connectivity index (χ4v) is 1.58. The van der Waals surface area contributed by atoms with Crippen LogP contribution in [0.5, 0.6) is 5.75 Å². The lowest BCUT2D eigenvalue weighted by molar-refractivity contribution is -0.161. The number of phenolic OH excluding ortho intramolecular Hbond substituents is 1. The van der Waals surface area contributed by atoms with Crippen LogP contribution >= 0.6 is 0 Å². The van der Waals surface area contributed by atoms with Gasteiger partial charge in [0.25, 0.3) is 0 Å². The maximum atomic E-state index is 12.9. The van der Waals surface area contributed by atoms with Crippen LogP contribution in [0.3, 0.4) is 0 Å². The summed E-state index contributed by atoms with van der Waals surface area (Å²) >= 11 is 0. The molecule has 1 heterocycles. The van der Waals surface area contributed by atoms with Crippen LogP contribution < -0.4 is 0 Å². The molecule has 5 heteroatoms. The van der Waals surface area contributed by atoms with Crippen LogP contribution in [0.4, 0.5) is 4.39 Å². The van der Waals surface area contributed by atoms with E-state index in [2.05, 4.69) is 5.16 Å². The highest BCUT2D eigenvalue weighted by atomic mass is 19.1. The quantitative estimate of drug-likeness (QED) is 0.651. The van der Waals surface area contributed by atoms with E-state index in [4.69, 9.17) is 9.57 Å². The van der Waals surface area contributed by atoms with Gasteiger partial charge in [-0.2, -0.15) is 0 Å². The number of phenols is 1. The second-order valence-corrected chi connectivity index (χ2v) is 3.84. The van der Waals surface area contributed by atoms with Crippen LogP contribution in [0.2, 0.25) is 0 Å². The van der Waals surface area contributed by atoms with Gasteiger partial charge >= 0.3 is 0 Å². The van der Waals surface area contributed by atoms with Crippen LogP contribution in [0, 0.1) is 5.82 Å². The molecule has 1 unspecified atom stereocenters. The summed E-state index contributed by atoms with van der Waals surface area (Å²) in [4.78, 5) is 5.10. The van der Waals surface area contributed by atoms with Crippen LogP contribution in [-0.4, -0.2) is 24.2 Å². The number of hydrogen-bond acceptors (Lipinski definition) is 4. The number of hydrogen-bond donors (Lipinski definition) is 1. The summed E-state index contributed by atoms with van der Waals surface area (Å²) in [5.41, 5.74) is 0.279. The standard InChI is InChI=1S/C12H14FNO3/c13-10-4-5-11(15)9(7-10)8-14-17-12-3-1-2-6-16-12/h4-5,7-8,12,15H,1-3,6H2/b14-8+. The van der Waals surface area contributed by atoms with E-state index in [1.54, 1.807) is 0 Å². The molecule has 1 aliphatic rings. The number of oxime groups is 1. The molecule has 1 fully saturated rings. The van der Waals surface area contributed by atoms with Crippen LogP contribution in [0.15, 0.2) is 23.4 Å². The van der Waals surface area contributed by atoms with Gasteiger partial charge in [0.1, 0.15) is 11.6 Å². The summed E-state index contributed by atoms with van der Waals surface area (Å²) in [7, 11) is 0. The molecule has 0 spiro atoms. The first-order chi connectivity index (χ1) is 8.25. The Morgan fingerprint density at radius 1 is 1.47 bits per heavy atom. The fraction of sp³-hybridized carbons (Fsp3) is 0.417. The Morgan fingerprint density at radius 3 is 3.12 bits per heavy atom. The Kier molecular flexibility index (Phi) is 3.93. The average Bonchev–Trinajstić information content (AvgIpc) is 2.35. The maximum absolute atomic E-state index is 12.9. The Labute approximate surface area is 98.7 Å². The Hall–Kier alpha value is -1.62. The van der Waals surface area contributed by atoms with E-state index in [1.165, 1.54) is 24.4 Å². The molecule has 0 radical (unpaired) electrons. The third-order valence-corrected chi connectivity index (χ3v) is 2.50. The summed E-state index contributed by atoms with van der Waals surface area (Å²) in [6, 6.07) is 3.63. The lowest BCUT2D eigenvalue weighted by atomic mass is 10.2. The second-order valence-electron chi connectivity index (χ2n) is 3.84. The topological polar surface area (TPSA) is 51.1 Å². The summed E-state index contributed by atoms with van der Waals surface area (Å²) in [5.74, 6) is -0.471. The van der Waals surface area contributed by atoms with Gasteiger partial charge in [-0.3, -0.25) is 0 Å². The highest BCUT2D eigenvalue weighted by molar-refractivity contribution is 5.82. The van der Waals surface area contributed by atoms with Crippen molar-refractivity contribution in [3.8, 4) is 5.75 Å². The fourth-order valence-electron chi connectivity index (χ4n) is 1.58. The van der Waals surface area contributed by atoms with Gasteiger partial charge in [-0.25, -0.2) is 4.39 Å². The largest absolute Gasteiger partial charge is 0.507 e. The van der Waals surface area contributed by atoms with Crippen LogP contribution in [-0.2, 0) is 9.57 Å². The summed E-state index contributed by atoms with van der Waals surface area (Å²) in [6.07, 6.45) is 3.82. The van der Waals surface area contributed by atoms with Gasteiger partial charge in [-0.1, -0.05) is 5.16 Å². The highest BCUT2D eigenvalue weighted by Gasteiger charge is 2.14. The zero-order valence-electron chi connectivity index (χ0n) is 9.30. The van der Waals surface area contributed by atoms with Gasteiger partial charge < -0.3 is 14.7 Å². The van der Waals surface area contributed by atoms with Gasteiger partial charge in [0.15, 0.2) is 0 Å². The van der Waals surface area contributed by atoms with Crippen molar-refractivity contribution < 1.29 is 19.1 Å². The molecule has 1 atom stereocenters. The van der Waals surface area contributed by atoms with Gasteiger partial charge in [0.2, 0.25) is 6.29 Å². The minimum atomic E-state index is -0.432. The average molecular weight is 239 g/mol. The number of ether oxygens (including phenoxy) is 1. The minimum absolute atomic E-state index is 0.0386. The predicted octanol–water partition coefficient (Wildman–Crippen LogP) is 2.41. The number of benzene rings is 1. The van der Waals surface area contributed by atoms with Crippen molar-refractivity contribution in [2.45, 2.75) is 25.6 Å². The predicted molar refractivity (Wildman–Crippen MR) is 60.3 cm³/mol. The lowest BCUT2D eigenvalue weighted by Crippen LogP contribution is -2.20. The molecular formula is C12H14FNO3. The molecule has 1 N–H and O–H groups in total. The molecule has 0 bridgehead atoms. The molecule has 1 aliphatic heterocycles. The molecule has 4 nitrogen and oxygen atoms in total. The smallest absolute Gasteiger partial charge is 0.226 e. The Balaban J connectivity index is 1.92. The molecular weight excluding hydrogens is 225 g/mol. The molecule has 1 aromatic carbocycles. The third kappa shape index (κ3) is 3.42. The van der Waals surface area contributed by atoms with E-state index >= 15 is 0 Å². The van der Waals surface area contributed by atoms with Crippen LogP contribution in [0.1, 0.15) is 24.8 Å². The van der Waals surface area contributed by atoms with Crippen molar-refractivity contribution in [3.05, 3.63) is 29.6 Å². The van der Waals surface area contributed by atoms with Gasteiger partial charge in [0, 0.05) is 12.0 Å². The van der Waals surface area contributed by atoms with Crippen molar-refractivity contribution in [2.75, 3.05) is 6.61 Å². The van der Waals surface area contributed by atoms with Gasteiger partial charge in [-0.15, -0.1) is 0 Å². The van der Waals surface area contributed by atoms with E-state index in [-0.39, 0.29) is 17.6 Å². The molecule has 0 saturated carbocycles. The first kappa shape index (κ1) is 11.9. The zero-order chi connectivity index (χ0) is 12.1. The molecule has 0 aromatic heterocycles. The van der Waals surface area contributed by atoms with E-state index in [0.29, 0.717) is 6.61 Å². The van der Waals surface area contributed by atoms with Crippen LogP contribution in [0.25, 0.3) is 0 Å². The molecule has 2 rings (SSSR count). The van der Waals surface area contributed by atoms with E-state index in [0.717, 1.165) is 19.3 Å². The normalized spacial score (nSPS) is 20.6. The monoisotopic (exact) mass is 239 g/mol. The van der Waals surface area contributed by atoms with Crippen molar-refractivity contribution >= 4 is 6.21 Å². The highest BCUT2D eigenvalue weighted by Crippen LogP contribution is 2.17. The summed E-state index contributed by atoms with van der Waals surface area (Å²) in [5, 5.41) is 13.1. The summed E-state index contributed by atoms with van der Waals surface area (Å²) < 4.78 is 18.2. The molecule has 1 saturated heterocycles. The lowest BCUT2D eigenvalue weighted by Gasteiger charge is -2.19. The second kappa shape index (κ2) is 5.63. The summed E-state index contributed by atoms with van der Waals surface area (Å²) in [6.45, 7) is 0.672. The number of halogens is 1. The van der Waals surface area contributed by atoms with E-state index in [9.17, 15) is 9.50 Å². The maximum Gasteiger partial charge on any atom is 0.226 e. The van der Waals surface area contributed by atoms with E-state index in [1.807, 2.05) is 0 Å². The van der Waals surface area contributed by atoms with E-state index < -0.39 is 5.82 Å². The zero-order valence-corrected chi connectivity index (χ0v) is 9.30. The van der Waals surface area contributed by atoms with Gasteiger partial charge in [-0.05, 0) is 31.0 Å². The SMILES string of the molecule is Oc1ccc(F)cc1/C=N/OC1CCCCO1. The number of nitrogens with zero attached hydrogens (tertiary/aromatic N) is 1. The molecule has 0 amide bonds. The van der Waals surface area contributed by atoms with Gasteiger partial charge in [0.05, 0.1) is 12.8 Å². The molecule has 1 aromatic rings. The first-order valence-corrected chi connectivity index (χ1v) is 5.55. The molecule has 0 aliphatic carbocycles. The Morgan fingerprint density at radius 2 is 2.35 bits per heavy atom. The first-order valence-electron chi connectivity index (χ1n) is 5.55. The molecule has 92 valence electrons. The Bertz CT molecular complexity index is 403. The van der Waals surface area contributed by atoms with Crippen molar-refractivity contribution in [1.29, 1.82) is 0 Å². The van der Waals surface area contributed by atoms with Crippen molar-refractivity contribution in [3.63, 3.8) is 0 Å². The van der Waals surface area contributed by atoms with Crippen molar-refractivity contribution in [2.24, 2.45) is 5.16 Å². The van der Waals surface area contributed by atoms with Crippen molar-refractivity contribution in [1.82, 2.24) is 0 Å². The number of rotatable bonds is 3. The molecule has 17 heavy (non-hydrogen) atoms. The third-order valence-electron chi connectivity index (χ3n) is 2.50. The number of aromatic hydroxyl groups is 1.